The lowest BCUT2D eigenvalue weighted by molar-refractivity contribution is 0.280. The Balaban J connectivity index is 1.76. The molecule has 2 heterocycles. The van der Waals surface area contributed by atoms with Gasteiger partial charge in [-0.1, -0.05) is 13.0 Å². The Kier molecular flexibility index (Phi) is 5.33. The summed E-state index contributed by atoms with van der Waals surface area (Å²) in [7, 11) is 1.28. The highest BCUT2D eigenvalue weighted by atomic mass is 19.2. The van der Waals surface area contributed by atoms with E-state index in [1.54, 1.807) is 16.8 Å². The molecule has 0 bridgehead atoms. The monoisotopic (exact) mass is 410 g/mol. The fraction of sp³-hybridized carbons (Fsp3) is 0.182. The van der Waals surface area contributed by atoms with E-state index in [9.17, 15) is 13.9 Å². The van der Waals surface area contributed by atoms with E-state index < -0.39 is 11.6 Å². The Labute approximate surface area is 171 Å². The molecule has 2 N–H and O–H groups in total. The zero-order valence-electron chi connectivity index (χ0n) is 16.5. The molecule has 0 unspecified atom stereocenters. The van der Waals surface area contributed by atoms with Crippen molar-refractivity contribution in [3.05, 3.63) is 71.7 Å². The number of ether oxygens (including phenoxy) is 1. The number of imidazole rings is 1. The third-order valence-electron chi connectivity index (χ3n) is 4.99. The van der Waals surface area contributed by atoms with E-state index in [0.717, 1.165) is 23.2 Å². The largest absolute Gasteiger partial charge is 0.494 e. The first-order valence-corrected chi connectivity index (χ1v) is 9.41. The van der Waals surface area contributed by atoms with Crippen molar-refractivity contribution < 1.29 is 18.6 Å². The molecule has 4 aromatic rings. The number of aryl methyl sites for hydroxylation is 1. The lowest BCUT2D eigenvalue weighted by Crippen LogP contribution is -2.01. The summed E-state index contributed by atoms with van der Waals surface area (Å²) in [5.74, 6) is -1.74. The van der Waals surface area contributed by atoms with Gasteiger partial charge in [-0.2, -0.15) is 4.39 Å². The molecular formula is C22H20F2N4O2. The first-order chi connectivity index (χ1) is 14.6. The number of anilines is 2. The van der Waals surface area contributed by atoms with Gasteiger partial charge < -0.3 is 15.2 Å². The molecule has 0 saturated carbocycles. The van der Waals surface area contributed by atoms with E-state index in [1.165, 1.54) is 25.4 Å². The van der Waals surface area contributed by atoms with Gasteiger partial charge in [0.05, 0.1) is 25.6 Å². The van der Waals surface area contributed by atoms with Crippen LogP contribution in [0.5, 0.6) is 5.75 Å². The second-order valence-corrected chi connectivity index (χ2v) is 6.68. The van der Waals surface area contributed by atoms with Gasteiger partial charge in [-0.3, -0.25) is 4.40 Å². The number of hydrogen-bond donors (Lipinski definition) is 2. The lowest BCUT2D eigenvalue weighted by atomic mass is 10.0. The maximum atomic E-state index is 14.6. The van der Waals surface area contributed by atoms with Crippen LogP contribution in [0.2, 0.25) is 0 Å². The Hall–Kier alpha value is -3.52. The molecule has 0 aliphatic heterocycles. The van der Waals surface area contributed by atoms with Crippen molar-refractivity contribution in [3.63, 3.8) is 0 Å². The summed E-state index contributed by atoms with van der Waals surface area (Å²) in [6.07, 6.45) is 5.44. The summed E-state index contributed by atoms with van der Waals surface area (Å²) in [6, 6.07) is 8.48. The Morgan fingerprint density at radius 1 is 1.10 bits per heavy atom. The summed E-state index contributed by atoms with van der Waals surface area (Å²) in [5.41, 5.74) is 3.60. The van der Waals surface area contributed by atoms with Crippen molar-refractivity contribution in [1.82, 2.24) is 14.4 Å². The zero-order valence-corrected chi connectivity index (χ0v) is 16.5. The van der Waals surface area contributed by atoms with E-state index >= 15 is 0 Å². The number of aliphatic hydroxyl groups excluding tert-OH is 1. The Morgan fingerprint density at radius 2 is 1.93 bits per heavy atom. The molecule has 30 heavy (non-hydrogen) atoms. The number of nitrogens with zero attached hydrogens (tertiary/aromatic N) is 3. The molecule has 154 valence electrons. The van der Waals surface area contributed by atoms with Crippen LogP contribution in [0.1, 0.15) is 18.1 Å². The molecule has 0 aliphatic rings. The van der Waals surface area contributed by atoms with Crippen LogP contribution in [0.4, 0.5) is 20.3 Å². The van der Waals surface area contributed by atoms with Gasteiger partial charge in [0.15, 0.2) is 23.0 Å². The number of nitrogens with one attached hydrogen (secondary N) is 1. The molecule has 0 spiro atoms. The minimum Gasteiger partial charge on any atom is -0.494 e. The van der Waals surface area contributed by atoms with Gasteiger partial charge in [0, 0.05) is 23.6 Å². The molecule has 4 rings (SSSR count). The van der Waals surface area contributed by atoms with Gasteiger partial charge in [0.25, 0.3) is 0 Å². The van der Waals surface area contributed by atoms with Gasteiger partial charge in [0.1, 0.15) is 0 Å². The summed E-state index contributed by atoms with van der Waals surface area (Å²) in [6.45, 7) is 1.99. The van der Waals surface area contributed by atoms with E-state index in [4.69, 9.17) is 4.74 Å². The molecule has 2 aromatic heterocycles. The zero-order chi connectivity index (χ0) is 21.3. The number of methoxy groups -OCH3 is 1. The first-order valence-electron chi connectivity index (χ1n) is 9.41. The molecule has 0 amide bonds. The van der Waals surface area contributed by atoms with E-state index in [-0.39, 0.29) is 17.9 Å². The van der Waals surface area contributed by atoms with Crippen molar-refractivity contribution in [1.29, 1.82) is 0 Å². The predicted octanol–water partition coefficient (Wildman–Crippen LogP) is 4.48. The molecule has 0 radical (unpaired) electrons. The van der Waals surface area contributed by atoms with E-state index in [0.29, 0.717) is 17.2 Å². The fourth-order valence-electron chi connectivity index (χ4n) is 3.42. The third kappa shape index (κ3) is 3.35. The summed E-state index contributed by atoms with van der Waals surface area (Å²) >= 11 is 0. The van der Waals surface area contributed by atoms with Crippen LogP contribution >= 0.6 is 0 Å². The summed E-state index contributed by atoms with van der Waals surface area (Å²) in [4.78, 5) is 8.70. The average Bonchev–Trinajstić information content (AvgIpc) is 3.20. The Bertz CT molecular complexity index is 1220. The van der Waals surface area contributed by atoms with Crippen LogP contribution < -0.4 is 10.1 Å². The molecule has 6 nitrogen and oxygen atoms in total. The standard InChI is InChI=1S/C22H20F2N4O2/c1-3-13-10-15(5-4-14(13)12-29)27-21-22-26-11-17(28(22)9-8-25-21)16-6-7-18(30-2)20(24)19(16)23/h4-11,29H,3,12H2,1-2H3,(H,25,27). The topological polar surface area (TPSA) is 71.7 Å². The molecular weight excluding hydrogens is 390 g/mol. The molecule has 8 heteroatoms. The maximum absolute atomic E-state index is 14.6. The average molecular weight is 410 g/mol. The van der Waals surface area contributed by atoms with Gasteiger partial charge in [-0.25, -0.2) is 14.4 Å². The molecule has 0 atom stereocenters. The fourth-order valence-corrected chi connectivity index (χ4v) is 3.42. The number of halogens is 2. The van der Waals surface area contributed by atoms with Crippen LogP contribution in [-0.4, -0.2) is 26.6 Å². The van der Waals surface area contributed by atoms with Crippen LogP contribution in [0.15, 0.2) is 48.9 Å². The second kappa shape index (κ2) is 8.08. The SMILES string of the molecule is CCc1cc(Nc2nccn3c(-c4ccc(OC)c(F)c4F)cnc23)ccc1CO. The minimum absolute atomic E-state index is 0.0229. The number of aromatic nitrogens is 3. The number of hydrogen-bond acceptors (Lipinski definition) is 5. The highest BCUT2D eigenvalue weighted by Gasteiger charge is 2.19. The van der Waals surface area contributed by atoms with Crippen molar-refractivity contribution in [2.75, 3.05) is 12.4 Å². The van der Waals surface area contributed by atoms with Gasteiger partial charge in [-0.15, -0.1) is 0 Å². The number of benzene rings is 2. The van der Waals surface area contributed by atoms with Crippen molar-refractivity contribution in [2.45, 2.75) is 20.0 Å². The molecule has 0 aliphatic carbocycles. The first kappa shape index (κ1) is 19.8. The quantitative estimate of drug-likeness (QED) is 0.490. The van der Waals surface area contributed by atoms with Crippen molar-refractivity contribution in [3.8, 4) is 17.0 Å². The summed E-state index contributed by atoms with van der Waals surface area (Å²) in [5, 5.41) is 12.7. The van der Waals surface area contributed by atoms with Crippen LogP contribution in [0.25, 0.3) is 16.9 Å². The second-order valence-electron chi connectivity index (χ2n) is 6.68. The normalized spacial score (nSPS) is 11.1. The molecule has 0 saturated heterocycles. The minimum atomic E-state index is -1.05. The molecule has 0 fully saturated rings. The number of rotatable bonds is 6. The highest BCUT2D eigenvalue weighted by Crippen LogP contribution is 2.31. The lowest BCUT2D eigenvalue weighted by Gasteiger charge is -2.11. The van der Waals surface area contributed by atoms with E-state index in [1.807, 2.05) is 25.1 Å². The van der Waals surface area contributed by atoms with Gasteiger partial charge >= 0.3 is 0 Å². The highest BCUT2D eigenvalue weighted by molar-refractivity contribution is 5.74. The number of aliphatic hydroxyl groups is 1. The van der Waals surface area contributed by atoms with E-state index in [2.05, 4.69) is 15.3 Å². The third-order valence-corrected chi connectivity index (χ3v) is 4.99. The van der Waals surface area contributed by atoms with Crippen LogP contribution in [0.3, 0.4) is 0 Å². The summed E-state index contributed by atoms with van der Waals surface area (Å²) < 4.78 is 35.3. The van der Waals surface area contributed by atoms with Gasteiger partial charge in [-0.05, 0) is 41.8 Å². The smallest absolute Gasteiger partial charge is 0.201 e. The molecule has 2 aromatic carbocycles. The Morgan fingerprint density at radius 3 is 2.67 bits per heavy atom. The van der Waals surface area contributed by atoms with Crippen molar-refractivity contribution in [2.24, 2.45) is 0 Å². The van der Waals surface area contributed by atoms with Crippen molar-refractivity contribution >= 4 is 17.2 Å². The number of fused-ring (bicyclic) bond motifs is 1. The maximum Gasteiger partial charge on any atom is 0.201 e. The van der Waals surface area contributed by atoms with Crippen LogP contribution in [-0.2, 0) is 13.0 Å². The van der Waals surface area contributed by atoms with Crippen LogP contribution in [0, 0.1) is 11.6 Å². The van der Waals surface area contributed by atoms with Gasteiger partial charge in [0.2, 0.25) is 5.82 Å². The predicted molar refractivity (Wildman–Crippen MR) is 110 cm³/mol.